The number of unbranched alkanes of at least 4 members (excludes halogenated alkanes) is 1. The van der Waals surface area contributed by atoms with Crippen molar-refractivity contribution in [3.8, 4) is 5.75 Å². The highest BCUT2D eigenvalue weighted by Gasteiger charge is 2.10. The molecule has 1 aromatic carbocycles. The molecule has 0 aromatic heterocycles. The highest BCUT2D eigenvalue weighted by Crippen LogP contribution is 2.13. The Bertz CT molecular complexity index is 341. The topological polar surface area (TPSA) is 58.7 Å². The molecule has 1 unspecified atom stereocenters. The number of anilines is 1. The minimum atomic E-state index is -0.464. The van der Waals surface area contributed by atoms with Crippen LogP contribution in [-0.2, 0) is 0 Å². The Kier molecular flexibility index (Phi) is 7.30. The van der Waals surface area contributed by atoms with Crippen LogP contribution in [-0.4, -0.2) is 42.4 Å². The van der Waals surface area contributed by atoms with Crippen LogP contribution in [0.15, 0.2) is 24.3 Å². The van der Waals surface area contributed by atoms with Gasteiger partial charge in [-0.25, -0.2) is 0 Å². The first-order valence-corrected chi connectivity index (χ1v) is 7.04. The fourth-order valence-corrected chi connectivity index (χ4v) is 1.87. The summed E-state index contributed by atoms with van der Waals surface area (Å²) in [4.78, 5) is 2.25. The normalized spacial score (nSPS) is 12.6. The Morgan fingerprint density at radius 2 is 1.95 bits per heavy atom. The minimum absolute atomic E-state index is 0.312. The molecular formula is C15H26N2O2. The molecule has 0 aliphatic rings. The quantitative estimate of drug-likeness (QED) is 0.672. The Morgan fingerprint density at radius 3 is 2.53 bits per heavy atom. The number of aliphatic hydroxyl groups excluding tert-OH is 1. The molecule has 0 saturated carbocycles. The number of hydrogen-bond acceptors (Lipinski definition) is 4. The van der Waals surface area contributed by atoms with Crippen LogP contribution in [0.1, 0.15) is 26.7 Å². The van der Waals surface area contributed by atoms with Crippen LogP contribution >= 0.6 is 0 Å². The third-order valence-corrected chi connectivity index (χ3v) is 3.07. The number of rotatable bonds is 9. The van der Waals surface area contributed by atoms with Gasteiger partial charge in [-0.3, -0.25) is 0 Å². The predicted octanol–water partition coefficient (Wildman–Crippen LogP) is 2.13. The van der Waals surface area contributed by atoms with Gasteiger partial charge in [-0.2, -0.15) is 0 Å². The molecule has 1 rings (SSSR count). The lowest BCUT2D eigenvalue weighted by molar-refractivity contribution is 0.0694. The predicted molar refractivity (Wildman–Crippen MR) is 79.4 cm³/mol. The fourth-order valence-electron chi connectivity index (χ4n) is 1.87. The van der Waals surface area contributed by atoms with E-state index in [1.807, 2.05) is 12.1 Å². The van der Waals surface area contributed by atoms with Crippen LogP contribution in [0.4, 0.5) is 5.69 Å². The van der Waals surface area contributed by atoms with E-state index in [9.17, 15) is 5.11 Å². The van der Waals surface area contributed by atoms with Crippen molar-refractivity contribution in [2.45, 2.75) is 32.8 Å². The maximum atomic E-state index is 9.97. The number of likely N-dealkylation sites (N-methyl/N-ethyl adjacent to an activating group) is 1. The van der Waals surface area contributed by atoms with Crippen molar-refractivity contribution in [3.63, 3.8) is 0 Å². The zero-order valence-corrected chi connectivity index (χ0v) is 12.0. The van der Waals surface area contributed by atoms with Crippen molar-refractivity contribution in [2.24, 2.45) is 0 Å². The van der Waals surface area contributed by atoms with E-state index < -0.39 is 6.10 Å². The Labute approximate surface area is 116 Å². The summed E-state index contributed by atoms with van der Waals surface area (Å²) in [5, 5.41) is 9.97. The molecule has 0 amide bonds. The van der Waals surface area contributed by atoms with Gasteiger partial charge >= 0.3 is 0 Å². The molecule has 0 aliphatic carbocycles. The lowest BCUT2D eigenvalue weighted by Crippen LogP contribution is -2.36. The molecule has 0 bridgehead atoms. The number of ether oxygens (including phenoxy) is 1. The van der Waals surface area contributed by atoms with Gasteiger partial charge in [0.25, 0.3) is 0 Å². The molecule has 3 N–H and O–H groups in total. The number of aliphatic hydroxyl groups is 1. The number of nitrogens with zero attached hydrogens (tertiary/aromatic N) is 1. The van der Waals surface area contributed by atoms with Crippen molar-refractivity contribution in [1.29, 1.82) is 0 Å². The van der Waals surface area contributed by atoms with Crippen LogP contribution in [0.25, 0.3) is 0 Å². The van der Waals surface area contributed by atoms with Crippen molar-refractivity contribution in [2.75, 3.05) is 32.0 Å². The Hall–Kier alpha value is -1.26. The molecule has 0 spiro atoms. The minimum Gasteiger partial charge on any atom is -0.491 e. The largest absolute Gasteiger partial charge is 0.491 e. The molecule has 1 aromatic rings. The molecule has 19 heavy (non-hydrogen) atoms. The second kappa shape index (κ2) is 8.77. The van der Waals surface area contributed by atoms with Crippen LogP contribution in [0.2, 0.25) is 0 Å². The van der Waals surface area contributed by atoms with E-state index in [0.717, 1.165) is 18.8 Å². The number of nitrogens with two attached hydrogens (primary N) is 1. The van der Waals surface area contributed by atoms with Gasteiger partial charge in [-0.05, 0) is 43.8 Å². The molecule has 0 heterocycles. The maximum Gasteiger partial charge on any atom is 0.119 e. The van der Waals surface area contributed by atoms with E-state index in [-0.39, 0.29) is 0 Å². The molecular weight excluding hydrogens is 240 g/mol. The molecule has 0 saturated heterocycles. The second-order valence-corrected chi connectivity index (χ2v) is 4.78. The summed E-state index contributed by atoms with van der Waals surface area (Å²) in [7, 11) is 0. The second-order valence-electron chi connectivity index (χ2n) is 4.78. The highest BCUT2D eigenvalue weighted by molar-refractivity contribution is 5.41. The summed E-state index contributed by atoms with van der Waals surface area (Å²) >= 11 is 0. The SMILES string of the molecule is CCCCN(CC)CC(O)COc1ccc(N)cc1. The summed E-state index contributed by atoms with van der Waals surface area (Å²) in [6.07, 6.45) is 1.88. The average Bonchev–Trinajstić information content (AvgIpc) is 2.42. The first-order valence-electron chi connectivity index (χ1n) is 7.04. The van der Waals surface area contributed by atoms with Crippen LogP contribution in [0.5, 0.6) is 5.75 Å². The molecule has 0 fully saturated rings. The smallest absolute Gasteiger partial charge is 0.119 e. The van der Waals surface area contributed by atoms with Gasteiger partial charge in [0.15, 0.2) is 0 Å². The zero-order chi connectivity index (χ0) is 14.1. The molecule has 4 nitrogen and oxygen atoms in total. The molecule has 4 heteroatoms. The van der Waals surface area contributed by atoms with E-state index >= 15 is 0 Å². The standard InChI is InChI=1S/C15H26N2O2/c1-3-5-10-17(4-2)11-14(18)12-19-15-8-6-13(16)7-9-15/h6-9,14,18H,3-5,10-12,16H2,1-2H3. The van der Waals surface area contributed by atoms with E-state index in [1.165, 1.54) is 12.8 Å². The van der Waals surface area contributed by atoms with E-state index in [1.54, 1.807) is 12.1 Å². The number of benzene rings is 1. The summed E-state index contributed by atoms with van der Waals surface area (Å²) < 4.78 is 5.54. The van der Waals surface area contributed by atoms with Gasteiger partial charge in [-0.1, -0.05) is 20.3 Å². The third-order valence-electron chi connectivity index (χ3n) is 3.07. The average molecular weight is 266 g/mol. The Morgan fingerprint density at radius 1 is 1.26 bits per heavy atom. The summed E-state index contributed by atoms with van der Waals surface area (Å²) in [5.41, 5.74) is 6.31. The van der Waals surface area contributed by atoms with Gasteiger partial charge in [0.05, 0.1) is 0 Å². The fraction of sp³-hybridized carbons (Fsp3) is 0.600. The van der Waals surface area contributed by atoms with E-state index in [2.05, 4.69) is 18.7 Å². The van der Waals surface area contributed by atoms with Crippen LogP contribution in [0.3, 0.4) is 0 Å². The lowest BCUT2D eigenvalue weighted by atomic mass is 10.2. The van der Waals surface area contributed by atoms with Crippen molar-refractivity contribution < 1.29 is 9.84 Å². The Balaban J connectivity index is 2.29. The van der Waals surface area contributed by atoms with Crippen LogP contribution in [0, 0.1) is 0 Å². The molecule has 0 aliphatic heterocycles. The summed E-state index contributed by atoms with van der Waals surface area (Å²) in [6.45, 7) is 7.25. The molecule has 108 valence electrons. The van der Waals surface area contributed by atoms with Gasteiger partial charge < -0.3 is 20.5 Å². The zero-order valence-electron chi connectivity index (χ0n) is 12.0. The summed E-state index contributed by atoms with van der Waals surface area (Å²) in [6, 6.07) is 7.22. The first-order chi connectivity index (χ1) is 9.15. The molecule has 0 radical (unpaired) electrons. The third kappa shape index (κ3) is 6.45. The van der Waals surface area contributed by atoms with Crippen LogP contribution < -0.4 is 10.5 Å². The van der Waals surface area contributed by atoms with Gasteiger partial charge in [0.1, 0.15) is 18.5 Å². The van der Waals surface area contributed by atoms with Gasteiger partial charge in [-0.15, -0.1) is 0 Å². The van der Waals surface area contributed by atoms with Crippen molar-refractivity contribution in [3.05, 3.63) is 24.3 Å². The van der Waals surface area contributed by atoms with E-state index in [4.69, 9.17) is 10.5 Å². The van der Waals surface area contributed by atoms with Gasteiger partial charge in [0, 0.05) is 12.2 Å². The highest BCUT2D eigenvalue weighted by atomic mass is 16.5. The van der Waals surface area contributed by atoms with Gasteiger partial charge in [0.2, 0.25) is 0 Å². The monoisotopic (exact) mass is 266 g/mol. The van der Waals surface area contributed by atoms with E-state index in [0.29, 0.717) is 18.8 Å². The maximum absolute atomic E-state index is 9.97. The number of hydrogen-bond donors (Lipinski definition) is 2. The summed E-state index contributed by atoms with van der Waals surface area (Å²) in [5.74, 6) is 0.741. The number of nitrogen functional groups attached to an aromatic ring is 1. The molecule has 1 atom stereocenters. The van der Waals surface area contributed by atoms with Crippen molar-refractivity contribution >= 4 is 5.69 Å². The lowest BCUT2D eigenvalue weighted by Gasteiger charge is -2.23. The van der Waals surface area contributed by atoms with Crippen molar-refractivity contribution in [1.82, 2.24) is 4.90 Å². The first kappa shape index (κ1) is 15.8.